The average Bonchev–Trinajstić information content (AvgIpc) is 2.27. The molecule has 0 saturated heterocycles. The van der Waals surface area contributed by atoms with Crippen LogP contribution in [0.4, 0.5) is 0 Å². The van der Waals surface area contributed by atoms with Gasteiger partial charge < -0.3 is 20.3 Å². The molecular weight excluding hydrogens is 206 g/mol. The Balaban J connectivity index is 2.51. The van der Waals surface area contributed by atoms with Gasteiger partial charge >= 0.3 is 0 Å². The van der Waals surface area contributed by atoms with Crippen LogP contribution in [-0.4, -0.2) is 30.0 Å². The minimum Gasteiger partial charge on any atom is -0.504 e. The Morgan fingerprint density at radius 3 is 2.75 bits per heavy atom. The van der Waals surface area contributed by atoms with Crippen molar-refractivity contribution in [3.8, 4) is 11.5 Å². The highest BCUT2D eigenvalue weighted by Crippen LogP contribution is 2.26. The molecule has 0 heterocycles. The summed E-state index contributed by atoms with van der Waals surface area (Å²) >= 11 is 0. The second kappa shape index (κ2) is 6.35. The van der Waals surface area contributed by atoms with Crippen molar-refractivity contribution in [2.45, 2.75) is 25.9 Å². The minimum atomic E-state index is 0.150. The van der Waals surface area contributed by atoms with Gasteiger partial charge in [-0.3, -0.25) is 0 Å². The third-order valence-electron chi connectivity index (χ3n) is 2.46. The molecule has 1 aromatic carbocycles. The number of methoxy groups -OCH3 is 1. The topological polar surface area (TPSA) is 61.7 Å². The molecule has 1 atom stereocenters. The molecule has 1 aromatic rings. The normalized spacial score (nSPS) is 12.4. The van der Waals surface area contributed by atoms with E-state index in [1.54, 1.807) is 12.1 Å². The predicted octanol–water partition coefficient (Wildman–Crippen LogP) is 1.26. The lowest BCUT2D eigenvalue weighted by Crippen LogP contribution is -2.26. The van der Waals surface area contributed by atoms with Crippen LogP contribution >= 0.6 is 0 Å². The second-order valence-corrected chi connectivity index (χ2v) is 3.80. The van der Waals surface area contributed by atoms with Crippen molar-refractivity contribution < 1.29 is 14.9 Å². The summed E-state index contributed by atoms with van der Waals surface area (Å²) in [6, 6.07) is 5.58. The van der Waals surface area contributed by atoms with Crippen molar-refractivity contribution in [2.75, 3.05) is 13.7 Å². The van der Waals surface area contributed by atoms with Gasteiger partial charge in [-0.25, -0.2) is 0 Å². The maximum atomic E-state index is 9.57. The van der Waals surface area contributed by atoms with E-state index in [-0.39, 0.29) is 18.4 Å². The number of ether oxygens (including phenoxy) is 1. The summed E-state index contributed by atoms with van der Waals surface area (Å²) in [5.41, 5.74) is 0.989. The van der Waals surface area contributed by atoms with E-state index in [2.05, 4.69) is 5.32 Å². The number of hydrogen-bond donors (Lipinski definition) is 3. The lowest BCUT2D eigenvalue weighted by molar-refractivity contribution is 0.268. The second-order valence-electron chi connectivity index (χ2n) is 3.80. The summed E-state index contributed by atoms with van der Waals surface area (Å²) in [5, 5.41) is 21.6. The number of aromatic hydroxyl groups is 1. The van der Waals surface area contributed by atoms with Crippen molar-refractivity contribution in [2.24, 2.45) is 0 Å². The average molecular weight is 225 g/mol. The van der Waals surface area contributed by atoms with Crippen LogP contribution < -0.4 is 10.1 Å². The molecule has 0 radical (unpaired) electrons. The van der Waals surface area contributed by atoms with E-state index in [0.717, 1.165) is 12.0 Å². The SMILES string of the molecule is COc1ccc(CN[C@H](C)CCO)cc1O. The van der Waals surface area contributed by atoms with Crippen molar-refractivity contribution >= 4 is 0 Å². The predicted molar refractivity (Wildman–Crippen MR) is 62.7 cm³/mol. The number of aliphatic hydroxyl groups is 1. The molecule has 16 heavy (non-hydrogen) atoms. The van der Waals surface area contributed by atoms with Crippen molar-refractivity contribution in [3.05, 3.63) is 23.8 Å². The van der Waals surface area contributed by atoms with Crippen molar-refractivity contribution in [3.63, 3.8) is 0 Å². The van der Waals surface area contributed by atoms with Crippen LogP contribution in [0.2, 0.25) is 0 Å². The zero-order valence-corrected chi connectivity index (χ0v) is 9.73. The lowest BCUT2D eigenvalue weighted by atomic mass is 10.1. The molecule has 4 heteroatoms. The fourth-order valence-corrected chi connectivity index (χ4v) is 1.43. The van der Waals surface area contributed by atoms with Crippen LogP contribution in [-0.2, 0) is 6.54 Å². The summed E-state index contributed by atoms with van der Waals surface area (Å²) in [6.45, 7) is 2.86. The van der Waals surface area contributed by atoms with Gasteiger partial charge in [-0.05, 0) is 31.0 Å². The van der Waals surface area contributed by atoms with E-state index < -0.39 is 0 Å². The van der Waals surface area contributed by atoms with Gasteiger partial charge in [0.15, 0.2) is 11.5 Å². The molecule has 3 N–H and O–H groups in total. The first-order valence-corrected chi connectivity index (χ1v) is 5.37. The summed E-state index contributed by atoms with van der Waals surface area (Å²) in [6.07, 6.45) is 0.724. The van der Waals surface area contributed by atoms with Crippen LogP contribution in [0, 0.1) is 0 Å². The van der Waals surface area contributed by atoms with E-state index in [9.17, 15) is 5.11 Å². The summed E-state index contributed by atoms with van der Waals surface area (Å²) < 4.78 is 4.96. The van der Waals surface area contributed by atoms with E-state index >= 15 is 0 Å². The Morgan fingerprint density at radius 2 is 2.19 bits per heavy atom. The number of rotatable bonds is 6. The quantitative estimate of drug-likeness (QED) is 0.682. The summed E-state index contributed by atoms with van der Waals surface area (Å²) in [4.78, 5) is 0. The molecule has 0 fully saturated rings. The molecular formula is C12H19NO3. The highest BCUT2D eigenvalue weighted by molar-refractivity contribution is 5.41. The van der Waals surface area contributed by atoms with Gasteiger partial charge in [0.05, 0.1) is 7.11 Å². The summed E-state index contributed by atoms with van der Waals surface area (Å²) in [7, 11) is 1.52. The molecule has 4 nitrogen and oxygen atoms in total. The fraction of sp³-hybridized carbons (Fsp3) is 0.500. The van der Waals surface area contributed by atoms with Gasteiger partial charge in [0.1, 0.15) is 0 Å². The van der Waals surface area contributed by atoms with Crippen LogP contribution in [0.25, 0.3) is 0 Å². The van der Waals surface area contributed by atoms with Crippen LogP contribution in [0.15, 0.2) is 18.2 Å². The number of benzene rings is 1. The molecule has 1 rings (SSSR count). The standard InChI is InChI=1S/C12H19NO3/c1-9(5-6-14)13-8-10-3-4-12(16-2)11(15)7-10/h3-4,7,9,13-15H,5-6,8H2,1-2H3/t9-/m1/s1. The Hall–Kier alpha value is -1.26. The van der Waals surface area contributed by atoms with E-state index in [0.29, 0.717) is 12.3 Å². The molecule has 0 spiro atoms. The molecule has 0 aliphatic rings. The zero-order chi connectivity index (χ0) is 12.0. The van der Waals surface area contributed by atoms with Gasteiger partial charge in [-0.1, -0.05) is 6.07 Å². The van der Waals surface area contributed by atoms with E-state index in [4.69, 9.17) is 9.84 Å². The smallest absolute Gasteiger partial charge is 0.160 e. The van der Waals surface area contributed by atoms with Gasteiger partial charge in [0.25, 0.3) is 0 Å². The molecule has 0 aromatic heterocycles. The number of hydrogen-bond acceptors (Lipinski definition) is 4. The first-order valence-electron chi connectivity index (χ1n) is 5.37. The number of phenolic OH excluding ortho intramolecular Hbond substituents is 1. The lowest BCUT2D eigenvalue weighted by Gasteiger charge is -2.13. The Bertz CT molecular complexity index is 328. The largest absolute Gasteiger partial charge is 0.504 e. The molecule has 0 unspecified atom stereocenters. The first kappa shape index (κ1) is 12.8. The maximum absolute atomic E-state index is 9.57. The van der Waals surface area contributed by atoms with Crippen LogP contribution in [0.5, 0.6) is 11.5 Å². The highest BCUT2D eigenvalue weighted by atomic mass is 16.5. The van der Waals surface area contributed by atoms with Crippen LogP contribution in [0.1, 0.15) is 18.9 Å². The van der Waals surface area contributed by atoms with Gasteiger partial charge in [-0.2, -0.15) is 0 Å². The number of aliphatic hydroxyl groups excluding tert-OH is 1. The molecule has 90 valence electrons. The third kappa shape index (κ3) is 3.72. The molecule has 0 aliphatic carbocycles. The Morgan fingerprint density at radius 1 is 1.44 bits per heavy atom. The Labute approximate surface area is 95.9 Å². The molecule has 0 bridgehead atoms. The van der Waals surface area contributed by atoms with E-state index in [1.807, 2.05) is 13.0 Å². The monoisotopic (exact) mass is 225 g/mol. The molecule has 0 amide bonds. The maximum Gasteiger partial charge on any atom is 0.160 e. The fourth-order valence-electron chi connectivity index (χ4n) is 1.43. The van der Waals surface area contributed by atoms with Gasteiger partial charge in [0, 0.05) is 19.2 Å². The molecule has 0 aliphatic heterocycles. The van der Waals surface area contributed by atoms with Gasteiger partial charge in [-0.15, -0.1) is 0 Å². The van der Waals surface area contributed by atoms with Crippen molar-refractivity contribution in [1.29, 1.82) is 0 Å². The number of phenols is 1. The van der Waals surface area contributed by atoms with Crippen molar-refractivity contribution in [1.82, 2.24) is 5.32 Å². The Kier molecular flexibility index (Phi) is 5.08. The summed E-state index contributed by atoms with van der Waals surface area (Å²) in [5.74, 6) is 0.628. The zero-order valence-electron chi connectivity index (χ0n) is 9.73. The minimum absolute atomic E-state index is 0.150. The first-order chi connectivity index (χ1) is 7.67. The van der Waals surface area contributed by atoms with Gasteiger partial charge in [0.2, 0.25) is 0 Å². The molecule has 0 saturated carbocycles. The van der Waals surface area contributed by atoms with Crippen LogP contribution in [0.3, 0.4) is 0 Å². The highest BCUT2D eigenvalue weighted by Gasteiger charge is 2.04. The van der Waals surface area contributed by atoms with E-state index in [1.165, 1.54) is 7.11 Å². The number of nitrogens with one attached hydrogen (secondary N) is 1. The third-order valence-corrected chi connectivity index (χ3v) is 2.46.